The number of ketones is 2. The summed E-state index contributed by atoms with van der Waals surface area (Å²) < 4.78 is 5.89. The number of hydrogen-bond acceptors (Lipinski definition) is 5. The minimum atomic E-state index is -0.498. The third-order valence-corrected chi connectivity index (χ3v) is 18.2. The summed E-state index contributed by atoms with van der Waals surface area (Å²) >= 11 is 0. The summed E-state index contributed by atoms with van der Waals surface area (Å²) in [6, 6.07) is 0. The molecule has 7 fully saturated rings. The van der Waals surface area contributed by atoms with E-state index in [1.807, 2.05) is 13.0 Å². The van der Waals surface area contributed by atoms with Crippen LogP contribution in [0.3, 0.4) is 0 Å². The zero-order chi connectivity index (χ0) is 35.3. The lowest BCUT2D eigenvalue weighted by Crippen LogP contribution is -2.55. The smallest absolute Gasteiger partial charge is 0.305 e. The number of hydrogen-bond donors (Lipinski definition) is 1. The van der Waals surface area contributed by atoms with Gasteiger partial charge >= 0.3 is 5.97 Å². The zero-order valence-electron chi connectivity index (χ0n) is 32.2. The molecule has 274 valence electrons. The predicted octanol–water partition coefficient (Wildman–Crippen LogP) is 9.68. The van der Waals surface area contributed by atoms with Crippen molar-refractivity contribution in [2.45, 2.75) is 170 Å². The van der Waals surface area contributed by atoms with Crippen LogP contribution in [0.2, 0.25) is 0 Å². The lowest BCUT2D eigenvalue weighted by molar-refractivity contribution is -0.165. The van der Waals surface area contributed by atoms with Gasteiger partial charge in [0.05, 0.1) is 5.60 Å². The van der Waals surface area contributed by atoms with E-state index in [2.05, 4.69) is 48.5 Å². The van der Waals surface area contributed by atoms with Crippen LogP contribution in [0.1, 0.15) is 158 Å². The SMILES string of the molecule is CCC(=O)O[C@H]1CC[C@H]2[C@@H]3CC[C@H]4CC(=O)[C@H](C)C[C@]4(C)[C@H]3CC[C@]12C.C[C@H]1CC2=CC(=O)CC[C@]2(C)[C@H]2CC[C@@]3(C)[C@@H](CC[C@]3(C)O)[C@H]12. The third-order valence-electron chi connectivity index (χ3n) is 18.2. The minimum absolute atomic E-state index is 0.0331. The van der Waals surface area contributed by atoms with Gasteiger partial charge in [0.15, 0.2) is 5.78 Å². The first-order chi connectivity index (χ1) is 23.0. The van der Waals surface area contributed by atoms with Crippen molar-refractivity contribution >= 4 is 17.5 Å². The highest BCUT2D eigenvalue weighted by atomic mass is 16.5. The largest absolute Gasteiger partial charge is 0.462 e. The van der Waals surface area contributed by atoms with Gasteiger partial charge in [-0.3, -0.25) is 14.4 Å². The Balaban J connectivity index is 0.000000155. The predicted molar refractivity (Wildman–Crippen MR) is 193 cm³/mol. The molecule has 8 aliphatic carbocycles. The first-order valence-electron chi connectivity index (χ1n) is 20.7. The van der Waals surface area contributed by atoms with E-state index < -0.39 is 5.60 Å². The van der Waals surface area contributed by atoms with Crippen LogP contribution in [-0.2, 0) is 19.1 Å². The number of fused-ring (bicyclic) bond motifs is 10. The maximum Gasteiger partial charge on any atom is 0.305 e. The lowest BCUT2D eigenvalue weighted by atomic mass is 9.44. The summed E-state index contributed by atoms with van der Waals surface area (Å²) in [5.41, 5.74) is 1.78. The molecule has 0 aromatic rings. The summed E-state index contributed by atoms with van der Waals surface area (Å²) in [5.74, 6) is 6.59. The standard InChI is InChI=1S/C23H36O3.C21H32O2/c1-5-21(25)26-20-9-8-17-16-7-6-15-12-19(24)14(2)13-23(15,4)18(16)10-11-22(17,20)3;1-13-11-14-12-15(22)5-8-19(14,2)16-6-9-20(3)17(18(13)16)7-10-21(20,4)23/h14-18,20H,5-13H2,1-4H3;12-13,16-18,23H,5-11H2,1-4H3/t14-,15+,16+,17+,18+,20+,22+,23+;13-,16-,17-,18+,19-,20-,21-/m10/s1. The molecule has 0 aromatic heterocycles. The highest BCUT2D eigenvalue weighted by molar-refractivity contribution is 5.91. The van der Waals surface area contributed by atoms with E-state index in [-0.39, 0.29) is 34.2 Å². The number of aliphatic hydroxyl groups is 1. The Morgan fingerprint density at radius 2 is 1.51 bits per heavy atom. The Kier molecular flexibility index (Phi) is 9.01. The number of rotatable bonds is 2. The Bertz CT molecular complexity index is 1380. The molecule has 8 rings (SSSR count). The first kappa shape index (κ1) is 35.9. The average Bonchev–Trinajstić information content (AvgIpc) is 3.50. The molecule has 7 saturated carbocycles. The van der Waals surface area contributed by atoms with Crippen LogP contribution in [0.15, 0.2) is 11.6 Å². The normalized spacial score (nSPS) is 53.0. The molecule has 8 aliphatic rings. The molecule has 5 nitrogen and oxygen atoms in total. The number of Topliss-reactive ketones (excluding diaryl/α,β-unsaturated/α-hetero) is 1. The fourth-order valence-corrected chi connectivity index (χ4v) is 14.9. The van der Waals surface area contributed by atoms with E-state index in [0.717, 1.165) is 69.1 Å². The Hall–Kier alpha value is -1.49. The van der Waals surface area contributed by atoms with E-state index in [4.69, 9.17) is 4.74 Å². The van der Waals surface area contributed by atoms with Crippen molar-refractivity contribution in [3.8, 4) is 0 Å². The molecule has 49 heavy (non-hydrogen) atoms. The van der Waals surface area contributed by atoms with Crippen LogP contribution in [0.4, 0.5) is 0 Å². The lowest BCUT2D eigenvalue weighted by Gasteiger charge is -2.60. The topological polar surface area (TPSA) is 80.7 Å². The first-order valence-corrected chi connectivity index (χ1v) is 20.7. The second kappa shape index (κ2) is 12.3. The second-order valence-electron chi connectivity index (χ2n) is 20.2. The third kappa shape index (κ3) is 5.41. The maximum absolute atomic E-state index is 12.3. The average molecular weight is 677 g/mol. The monoisotopic (exact) mass is 677 g/mol. The van der Waals surface area contributed by atoms with Crippen molar-refractivity contribution < 1.29 is 24.2 Å². The van der Waals surface area contributed by atoms with Gasteiger partial charge in [-0.1, -0.05) is 54.0 Å². The van der Waals surface area contributed by atoms with Crippen LogP contribution in [0.25, 0.3) is 0 Å². The molecule has 0 aromatic carbocycles. The summed E-state index contributed by atoms with van der Waals surface area (Å²) in [4.78, 5) is 36.2. The Labute approximate surface area is 297 Å². The molecule has 0 bridgehead atoms. The van der Waals surface area contributed by atoms with Gasteiger partial charge in [0.1, 0.15) is 11.9 Å². The van der Waals surface area contributed by atoms with Gasteiger partial charge in [-0.15, -0.1) is 0 Å². The number of carbonyl (C=O) groups excluding carboxylic acids is 3. The quantitative estimate of drug-likeness (QED) is 0.295. The van der Waals surface area contributed by atoms with Gasteiger partial charge in [-0.2, -0.15) is 0 Å². The number of esters is 1. The molecule has 0 heterocycles. The van der Waals surface area contributed by atoms with Gasteiger partial charge in [0, 0.05) is 30.6 Å². The van der Waals surface area contributed by atoms with Crippen LogP contribution >= 0.6 is 0 Å². The Morgan fingerprint density at radius 3 is 2.24 bits per heavy atom. The molecular weight excluding hydrogens is 608 g/mol. The van der Waals surface area contributed by atoms with Crippen molar-refractivity contribution in [3.05, 3.63) is 11.6 Å². The molecule has 0 unspecified atom stereocenters. The van der Waals surface area contributed by atoms with E-state index >= 15 is 0 Å². The van der Waals surface area contributed by atoms with Gasteiger partial charge in [-0.05, 0) is 160 Å². The summed E-state index contributed by atoms with van der Waals surface area (Å²) in [6.07, 6.45) is 19.1. The van der Waals surface area contributed by atoms with Crippen molar-refractivity contribution in [1.82, 2.24) is 0 Å². The van der Waals surface area contributed by atoms with E-state index in [9.17, 15) is 19.5 Å². The van der Waals surface area contributed by atoms with Crippen molar-refractivity contribution in [3.63, 3.8) is 0 Å². The van der Waals surface area contributed by atoms with Gasteiger partial charge in [0.25, 0.3) is 0 Å². The van der Waals surface area contributed by atoms with Crippen LogP contribution in [-0.4, -0.2) is 34.3 Å². The molecule has 0 aliphatic heterocycles. The van der Waals surface area contributed by atoms with Crippen LogP contribution in [0, 0.1) is 74.9 Å². The number of carbonyl (C=O) groups is 3. The van der Waals surface area contributed by atoms with Crippen molar-refractivity contribution in [2.75, 3.05) is 0 Å². The van der Waals surface area contributed by atoms with E-state index in [1.54, 1.807) is 0 Å². The van der Waals surface area contributed by atoms with E-state index in [1.165, 1.54) is 50.5 Å². The fraction of sp³-hybridized carbons (Fsp3) is 0.886. The van der Waals surface area contributed by atoms with Crippen LogP contribution in [0.5, 0.6) is 0 Å². The number of allylic oxidation sites excluding steroid dienone is 1. The zero-order valence-corrected chi connectivity index (χ0v) is 32.2. The molecule has 0 amide bonds. The second-order valence-corrected chi connectivity index (χ2v) is 20.2. The van der Waals surface area contributed by atoms with Crippen LogP contribution < -0.4 is 0 Å². The van der Waals surface area contributed by atoms with Crippen molar-refractivity contribution in [2.24, 2.45) is 74.9 Å². The maximum atomic E-state index is 12.3. The van der Waals surface area contributed by atoms with Gasteiger partial charge in [-0.25, -0.2) is 0 Å². The summed E-state index contributed by atoms with van der Waals surface area (Å²) in [7, 11) is 0. The Morgan fingerprint density at radius 1 is 0.816 bits per heavy atom. The molecule has 5 heteroatoms. The highest BCUT2D eigenvalue weighted by Crippen LogP contribution is 2.69. The molecule has 0 saturated heterocycles. The molecule has 0 spiro atoms. The fourth-order valence-electron chi connectivity index (χ4n) is 14.9. The minimum Gasteiger partial charge on any atom is -0.462 e. The molecular formula is C44H68O5. The highest BCUT2D eigenvalue weighted by Gasteiger charge is 2.64. The summed E-state index contributed by atoms with van der Waals surface area (Å²) in [5, 5.41) is 11.0. The molecule has 0 radical (unpaired) electrons. The van der Waals surface area contributed by atoms with Crippen molar-refractivity contribution in [1.29, 1.82) is 0 Å². The number of ether oxygens (including phenoxy) is 1. The van der Waals surface area contributed by atoms with Gasteiger partial charge in [0.2, 0.25) is 0 Å². The summed E-state index contributed by atoms with van der Waals surface area (Å²) in [6.45, 7) is 18.2. The molecule has 15 atom stereocenters. The van der Waals surface area contributed by atoms with E-state index in [0.29, 0.717) is 53.0 Å². The van der Waals surface area contributed by atoms with Gasteiger partial charge < -0.3 is 9.84 Å². The molecule has 1 N–H and O–H groups in total.